The number of carboxylic acids is 1. The van der Waals surface area contributed by atoms with Crippen molar-refractivity contribution in [2.75, 3.05) is 18.4 Å². The third kappa shape index (κ3) is 4.48. The van der Waals surface area contributed by atoms with Crippen molar-refractivity contribution in [3.8, 4) is 0 Å². The Morgan fingerprint density at radius 2 is 1.68 bits per heavy atom. The first kappa shape index (κ1) is 24.3. The van der Waals surface area contributed by atoms with Crippen LogP contribution in [0.3, 0.4) is 0 Å². The standard InChI is InChI=1S/C26H22F3N5O3/c1-15-12-18(28)6-7-21(15)32-23-19(13-30-22-20(25(36)37)14-31-34(22)23)24(35)33-10-8-26(29,9-11-33)16-2-4-17(27)5-3-16/h2-7,12-14,32H,8-11H2,1H3,(H,36,37). The maximum Gasteiger partial charge on any atom is 0.341 e. The summed E-state index contributed by atoms with van der Waals surface area (Å²) in [5, 5.41) is 16.7. The fourth-order valence-electron chi connectivity index (χ4n) is 4.53. The first-order valence-electron chi connectivity index (χ1n) is 11.5. The van der Waals surface area contributed by atoms with Crippen LogP contribution in [0.4, 0.5) is 24.7 Å². The first-order valence-corrected chi connectivity index (χ1v) is 11.5. The number of hydrogen-bond acceptors (Lipinski definition) is 5. The van der Waals surface area contributed by atoms with Crippen LogP contribution in [0.2, 0.25) is 0 Å². The molecule has 2 aromatic carbocycles. The first-order chi connectivity index (χ1) is 17.7. The number of nitrogens with zero attached hydrogens (tertiary/aromatic N) is 4. The fourth-order valence-corrected chi connectivity index (χ4v) is 4.53. The maximum atomic E-state index is 15.6. The van der Waals surface area contributed by atoms with E-state index in [2.05, 4.69) is 15.4 Å². The highest BCUT2D eigenvalue weighted by atomic mass is 19.1. The van der Waals surface area contributed by atoms with E-state index in [9.17, 15) is 23.5 Å². The van der Waals surface area contributed by atoms with Crippen LogP contribution in [0.1, 0.15) is 44.7 Å². The number of amides is 1. The number of hydrogen-bond donors (Lipinski definition) is 2. The minimum Gasteiger partial charge on any atom is -0.477 e. The number of aryl methyl sites for hydroxylation is 1. The minimum atomic E-state index is -1.70. The highest BCUT2D eigenvalue weighted by Gasteiger charge is 2.38. The van der Waals surface area contributed by atoms with Crippen molar-refractivity contribution in [2.45, 2.75) is 25.4 Å². The molecule has 2 aromatic heterocycles. The molecule has 0 saturated carbocycles. The summed E-state index contributed by atoms with van der Waals surface area (Å²) in [6, 6.07) is 9.30. The third-order valence-electron chi connectivity index (χ3n) is 6.63. The normalized spacial score (nSPS) is 15.1. The molecule has 1 aliphatic heterocycles. The molecular formula is C26H22F3N5O3. The second kappa shape index (κ2) is 9.23. The zero-order valence-electron chi connectivity index (χ0n) is 19.7. The van der Waals surface area contributed by atoms with Crippen LogP contribution in [0.25, 0.3) is 5.65 Å². The molecule has 4 aromatic rings. The van der Waals surface area contributed by atoms with Crippen LogP contribution >= 0.6 is 0 Å². The Kier molecular flexibility index (Phi) is 6.06. The number of likely N-dealkylation sites (tertiary alicyclic amines) is 1. The van der Waals surface area contributed by atoms with Crippen LogP contribution < -0.4 is 5.32 Å². The molecule has 1 fully saturated rings. The predicted molar refractivity (Wildman–Crippen MR) is 129 cm³/mol. The van der Waals surface area contributed by atoms with Gasteiger partial charge in [0.2, 0.25) is 0 Å². The van der Waals surface area contributed by atoms with Gasteiger partial charge < -0.3 is 15.3 Å². The number of rotatable bonds is 5. The van der Waals surface area contributed by atoms with E-state index in [1.54, 1.807) is 6.92 Å². The van der Waals surface area contributed by atoms with Crippen LogP contribution in [-0.4, -0.2) is 49.6 Å². The van der Waals surface area contributed by atoms with Gasteiger partial charge in [0.25, 0.3) is 5.91 Å². The molecule has 5 rings (SSSR count). The van der Waals surface area contributed by atoms with E-state index >= 15 is 4.39 Å². The Bertz CT molecular complexity index is 1510. The summed E-state index contributed by atoms with van der Waals surface area (Å²) in [6.45, 7) is 1.87. The second-order valence-corrected chi connectivity index (χ2v) is 8.97. The molecule has 1 amide bonds. The molecular weight excluding hydrogens is 487 g/mol. The third-order valence-corrected chi connectivity index (χ3v) is 6.63. The zero-order chi connectivity index (χ0) is 26.3. The molecule has 37 heavy (non-hydrogen) atoms. The quantitative estimate of drug-likeness (QED) is 0.399. The van der Waals surface area contributed by atoms with Crippen molar-refractivity contribution in [1.29, 1.82) is 0 Å². The lowest BCUT2D eigenvalue weighted by Gasteiger charge is -2.37. The topological polar surface area (TPSA) is 99.8 Å². The molecule has 1 saturated heterocycles. The molecule has 0 spiro atoms. The molecule has 0 atom stereocenters. The van der Waals surface area contributed by atoms with Crippen molar-refractivity contribution < 1.29 is 27.9 Å². The highest BCUT2D eigenvalue weighted by molar-refractivity contribution is 6.01. The Balaban J connectivity index is 1.48. The van der Waals surface area contributed by atoms with Crippen LogP contribution in [0.5, 0.6) is 0 Å². The molecule has 0 bridgehead atoms. The molecule has 190 valence electrons. The van der Waals surface area contributed by atoms with E-state index in [0.29, 0.717) is 16.8 Å². The van der Waals surface area contributed by atoms with Crippen molar-refractivity contribution in [3.05, 3.63) is 88.7 Å². The van der Waals surface area contributed by atoms with Gasteiger partial charge in [-0.25, -0.2) is 22.9 Å². The lowest BCUT2D eigenvalue weighted by atomic mass is 9.86. The monoisotopic (exact) mass is 509 g/mol. The summed E-state index contributed by atoms with van der Waals surface area (Å²) >= 11 is 0. The van der Waals surface area contributed by atoms with Gasteiger partial charge in [0, 0.05) is 37.8 Å². The van der Waals surface area contributed by atoms with E-state index < -0.39 is 29.2 Å². The van der Waals surface area contributed by atoms with Gasteiger partial charge >= 0.3 is 5.97 Å². The summed E-state index contributed by atoms with van der Waals surface area (Å²) in [7, 11) is 0. The van der Waals surface area contributed by atoms with E-state index in [0.717, 1.165) is 6.20 Å². The van der Waals surface area contributed by atoms with Crippen LogP contribution in [-0.2, 0) is 5.67 Å². The molecule has 0 aliphatic carbocycles. The smallest absolute Gasteiger partial charge is 0.341 e. The number of carbonyl (C=O) groups is 2. The summed E-state index contributed by atoms with van der Waals surface area (Å²) < 4.78 is 43.8. The van der Waals surface area contributed by atoms with Crippen molar-refractivity contribution in [2.24, 2.45) is 0 Å². The predicted octanol–water partition coefficient (Wildman–Crippen LogP) is 4.86. The van der Waals surface area contributed by atoms with Gasteiger partial charge in [0.05, 0.1) is 6.20 Å². The SMILES string of the molecule is Cc1cc(F)ccc1Nc1c(C(=O)N2CCC(F)(c3ccc(F)cc3)CC2)cnc2c(C(=O)O)cnn12. The van der Waals surface area contributed by atoms with Gasteiger partial charge in [-0.2, -0.15) is 9.61 Å². The summed E-state index contributed by atoms with van der Waals surface area (Å²) in [5.74, 6) is -2.43. The number of anilines is 2. The van der Waals surface area contributed by atoms with E-state index in [1.165, 1.54) is 58.1 Å². The van der Waals surface area contributed by atoms with Gasteiger partial charge in [0.1, 0.15) is 34.2 Å². The molecule has 0 unspecified atom stereocenters. The summed E-state index contributed by atoms with van der Waals surface area (Å²) in [5.41, 5.74) is -0.361. The van der Waals surface area contributed by atoms with E-state index in [4.69, 9.17) is 0 Å². The average molecular weight is 509 g/mol. The van der Waals surface area contributed by atoms with Crippen molar-refractivity contribution >= 4 is 29.0 Å². The van der Waals surface area contributed by atoms with Gasteiger partial charge in [0.15, 0.2) is 5.65 Å². The Labute approximate surface area is 209 Å². The van der Waals surface area contributed by atoms with E-state index in [1.807, 2.05) is 0 Å². The Hall–Kier alpha value is -4.41. The number of carboxylic acid groups (broad SMARTS) is 1. The van der Waals surface area contributed by atoms with E-state index in [-0.39, 0.29) is 48.5 Å². The zero-order valence-corrected chi connectivity index (χ0v) is 19.7. The number of aromatic nitrogens is 3. The lowest BCUT2D eigenvalue weighted by molar-refractivity contribution is 0.0421. The summed E-state index contributed by atoms with van der Waals surface area (Å²) in [4.78, 5) is 30.8. The molecule has 11 heteroatoms. The fraction of sp³-hybridized carbons (Fsp3) is 0.231. The molecule has 3 heterocycles. The molecule has 0 radical (unpaired) electrons. The maximum absolute atomic E-state index is 15.6. The molecule has 8 nitrogen and oxygen atoms in total. The van der Waals surface area contributed by atoms with Crippen LogP contribution in [0, 0.1) is 18.6 Å². The highest BCUT2D eigenvalue weighted by Crippen LogP contribution is 2.38. The average Bonchev–Trinajstić information content (AvgIpc) is 3.31. The van der Waals surface area contributed by atoms with Gasteiger partial charge in [-0.15, -0.1) is 0 Å². The Morgan fingerprint density at radius 1 is 1.00 bits per heavy atom. The molecule has 1 aliphatic rings. The number of benzene rings is 2. The number of nitrogens with one attached hydrogen (secondary N) is 1. The largest absolute Gasteiger partial charge is 0.477 e. The summed E-state index contributed by atoms with van der Waals surface area (Å²) in [6.07, 6.45) is 2.42. The Morgan fingerprint density at radius 3 is 2.32 bits per heavy atom. The van der Waals surface area contributed by atoms with Gasteiger partial charge in [-0.1, -0.05) is 12.1 Å². The molecule has 2 N–H and O–H groups in total. The van der Waals surface area contributed by atoms with Gasteiger partial charge in [-0.05, 0) is 48.4 Å². The van der Waals surface area contributed by atoms with Crippen LogP contribution in [0.15, 0.2) is 54.9 Å². The number of fused-ring (bicyclic) bond motifs is 1. The number of halogens is 3. The van der Waals surface area contributed by atoms with Gasteiger partial charge in [-0.3, -0.25) is 4.79 Å². The number of alkyl halides is 1. The number of carbonyl (C=O) groups excluding carboxylic acids is 1. The lowest BCUT2D eigenvalue weighted by Crippen LogP contribution is -2.43. The second-order valence-electron chi connectivity index (χ2n) is 8.97. The van der Waals surface area contributed by atoms with Crippen molar-refractivity contribution in [1.82, 2.24) is 19.5 Å². The van der Waals surface area contributed by atoms with Crippen molar-refractivity contribution in [3.63, 3.8) is 0 Å². The number of aromatic carboxylic acids is 1. The number of piperidine rings is 1. The minimum absolute atomic E-state index is 0.0176.